The Morgan fingerprint density at radius 1 is 1.40 bits per heavy atom. The Morgan fingerprint density at radius 2 is 2.28 bits per heavy atom. The molecular weight excluding hydrogens is 323 g/mol. The number of aryl methyl sites for hydroxylation is 1. The minimum Gasteiger partial charge on any atom is -0.368 e. The number of ether oxygens (including phenoxy) is 1. The second-order valence-electron chi connectivity index (χ2n) is 6.03. The van der Waals surface area contributed by atoms with Gasteiger partial charge in [-0.05, 0) is 25.1 Å². The topological polar surface area (TPSA) is 71.1 Å². The van der Waals surface area contributed by atoms with Gasteiger partial charge in [0.15, 0.2) is 0 Å². The number of carbonyl (C=O) groups excluding carboxylic acids is 1. The van der Waals surface area contributed by atoms with Crippen LogP contribution in [0, 0.1) is 12.7 Å². The van der Waals surface area contributed by atoms with Crippen LogP contribution in [0.1, 0.15) is 28.1 Å². The lowest BCUT2D eigenvalue weighted by Crippen LogP contribution is -2.42. The average Bonchev–Trinajstić information content (AvgIpc) is 3.07. The number of aromatic nitrogens is 3. The molecule has 4 rings (SSSR count). The van der Waals surface area contributed by atoms with E-state index in [4.69, 9.17) is 4.74 Å². The zero-order chi connectivity index (χ0) is 17.4. The van der Waals surface area contributed by atoms with Crippen LogP contribution < -0.4 is 0 Å². The lowest BCUT2D eigenvalue weighted by atomic mass is 10.2. The first-order valence-electron chi connectivity index (χ1n) is 8.09. The highest BCUT2D eigenvalue weighted by Gasteiger charge is 2.28. The Balaban J connectivity index is 1.57. The van der Waals surface area contributed by atoms with Gasteiger partial charge in [0.1, 0.15) is 23.4 Å². The SMILES string of the molecule is Cc1nccc([C@@H]2CN(C(=O)c3cc4cccc(F)c4[nH]3)CCO2)n1. The van der Waals surface area contributed by atoms with E-state index in [1.165, 1.54) is 6.07 Å². The maximum absolute atomic E-state index is 13.8. The third-order valence-electron chi connectivity index (χ3n) is 4.32. The van der Waals surface area contributed by atoms with Gasteiger partial charge in [0.25, 0.3) is 5.91 Å². The number of fused-ring (bicyclic) bond motifs is 1. The summed E-state index contributed by atoms with van der Waals surface area (Å²) in [6, 6.07) is 8.25. The van der Waals surface area contributed by atoms with E-state index in [1.54, 1.807) is 35.4 Å². The molecule has 7 heteroatoms. The van der Waals surface area contributed by atoms with Crippen molar-refractivity contribution in [2.45, 2.75) is 13.0 Å². The first-order chi connectivity index (χ1) is 12.1. The molecule has 1 aromatic carbocycles. The van der Waals surface area contributed by atoms with Crippen molar-refractivity contribution in [2.24, 2.45) is 0 Å². The fraction of sp³-hybridized carbons (Fsp3) is 0.278. The highest BCUT2D eigenvalue weighted by molar-refractivity contribution is 5.98. The van der Waals surface area contributed by atoms with Gasteiger partial charge in [-0.3, -0.25) is 4.79 Å². The molecular formula is C18H17FN4O2. The average molecular weight is 340 g/mol. The summed E-state index contributed by atoms with van der Waals surface area (Å²) in [6.07, 6.45) is 1.39. The number of nitrogens with zero attached hydrogens (tertiary/aromatic N) is 3. The molecule has 0 saturated carbocycles. The second-order valence-corrected chi connectivity index (χ2v) is 6.03. The molecule has 2 aromatic heterocycles. The number of hydrogen-bond donors (Lipinski definition) is 1. The van der Waals surface area contributed by atoms with Crippen LogP contribution in [-0.4, -0.2) is 45.5 Å². The molecule has 0 unspecified atom stereocenters. The summed E-state index contributed by atoms with van der Waals surface area (Å²) in [4.78, 5) is 25.9. The number of hydrogen-bond acceptors (Lipinski definition) is 4. The summed E-state index contributed by atoms with van der Waals surface area (Å²) in [7, 11) is 0. The minimum absolute atomic E-state index is 0.172. The van der Waals surface area contributed by atoms with E-state index in [1.807, 2.05) is 6.92 Å². The van der Waals surface area contributed by atoms with Crippen LogP contribution >= 0.6 is 0 Å². The van der Waals surface area contributed by atoms with Crippen LogP contribution in [0.3, 0.4) is 0 Å². The summed E-state index contributed by atoms with van der Waals surface area (Å²) in [5, 5.41) is 0.680. The molecule has 128 valence electrons. The van der Waals surface area contributed by atoms with Gasteiger partial charge in [0.2, 0.25) is 0 Å². The lowest BCUT2D eigenvalue weighted by molar-refractivity contribution is -0.0250. The molecule has 1 saturated heterocycles. The first-order valence-corrected chi connectivity index (χ1v) is 8.09. The summed E-state index contributed by atoms with van der Waals surface area (Å²) < 4.78 is 19.6. The molecule has 3 aromatic rings. The number of aromatic amines is 1. The number of carbonyl (C=O) groups is 1. The third kappa shape index (κ3) is 2.98. The van der Waals surface area contributed by atoms with Crippen molar-refractivity contribution in [3.05, 3.63) is 59.6 Å². The van der Waals surface area contributed by atoms with Gasteiger partial charge in [0, 0.05) is 18.1 Å². The molecule has 0 aliphatic carbocycles. The van der Waals surface area contributed by atoms with Crippen LogP contribution in [0.15, 0.2) is 36.5 Å². The van der Waals surface area contributed by atoms with Gasteiger partial charge >= 0.3 is 0 Å². The largest absolute Gasteiger partial charge is 0.368 e. The fourth-order valence-electron chi connectivity index (χ4n) is 3.07. The Morgan fingerprint density at radius 3 is 3.08 bits per heavy atom. The molecule has 1 fully saturated rings. The van der Waals surface area contributed by atoms with Crippen LogP contribution in [0.25, 0.3) is 10.9 Å². The Labute approximate surface area is 143 Å². The van der Waals surface area contributed by atoms with E-state index in [9.17, 15) is 9.18 Å². The number of morpholine rings is 1. The van der Waals surface area contributed by atoms with E-state index in [2.05, 4.69) is 15.0 Å². The third-order valence-corrected chi connectivity index (χ3v) is 4.32. The highest BCUT2D eigenvalue weighted by Crippen LogP contribution is 2.23. The summed E-state index contributed by atoms with van der Waals surface area (Å²) in [5.41, 5.74) is 1.48. The van der Waals surface area contributed by atoms with Crippen molar-refractivity contribution >= 4 is 16.8 Å². The number of amides is 1. The minimum atomic E-state index is -0.368. The van der Waals surface area contributed by atoms with E-state index in [0.29, 0.717) is 42.1 Å². The van der Waals surface area contributed by atoms with Crippen molar-refractivity contribution in [1.82, 2.24) is 19.9 Å². The maximum atomic E-state index is 13.8. The summed E-state index contributed by atoms with van der Waals surface area (Å²) in [5.74, 6) is 0.123. The number of H-pyrrole nitrogens is 1. The smallest absolute Gasteiger partial charge is 0.270 e. The van der Waals surface area contributed by atoms with Gasteiger partial charge < -0.3 is 14.6 Å². The molecule has 1 aliphatic rings. The molecule has 3 heterocycles. The van der Waals surface area contributed by atoms with Crippen molar-refractivity contribution in [3.8, 4) is 0 Å². The number of nitrogens with one attached hydrogen (secondary N) is 1. The molecule has 0 radical (unpaired) electrons. The molecule has 0 spiro atoms. The summed E-state index contributed by atoms with van der Waals surface area (Å²) >= 11 is 0. The van der Waals surface area contributed by atoms with Crippen molar-refractivity contribution in [2.75, 3.05) is 19.7 Å². The second kappa shape index (κ2) is 6.25. The zero-order valence-electron chi connectivity index (χ0n) is 13.7. The van der Waals surface area contributed by atoms with Crippen molar-refractivity contribution in [1.29, 1.82) is 0 Å². The normalized spacial score (nSPS) is 17.8. The molecule has 6 nitrogen and oxygen atoms in total. The van der Waals surface area contributed by atoms with Gasteiger partial charge in [-0.25, -0.2) is 14.4 Å². The molecule has 1 aliphatic heterocycles. The van der Waals surface area contributed by atoms with E-state index in [-0.39, 0.29) is 17.8 Å². The standard InChI is InChI=1S/C18H17FN4O2/c1-11-20-6-5-14(21-11)16-10-23(7-8-25-16)18(24)15-9-12-3-2-4-13(19)17(12)22-15/h2-6,9,16,22H,7-8,10H2,1H3/t16-/m0/s1. The van der Waals surface area contributed by atoms with Crippen LogP contribution in [0.5, 0.6) is 0 Å². The van der Waals surface area contributed by atoms with Gasteiger partial charge in [-0.1, -0.05) is 12.1 Å². The number of benzene rings is 1. The lowest BCUT2D eigenvalue weighted by Gasteiger charge is -2.32. The predicted octanol–water partition coefficient (Wildman–Crippen LogP) is 2.62. The molecule has 1 amide bonds. The summed E-state index contributed by atoms with van der Waals surface area (Å²) in [6.45, 7) is 3.12. The Kier molecular flexibility index (Phi) is 3.93. The molecule has 1 N–H and O–H groups in total. The number of para-hydroxylation sites is 1. The molecule has 1 atom stereocenters. The van der Waals surface area contributed by atoms with Crippen LogP contribution in [-0.2, 0) is 4.74 Å². The van der Waals surface area contributed by atoms with Gasteiger partial charge in [-0.2, -0.15) is 0 Å². The zero-order valence-corrected chi connectivity index (χ0v) is 13.7. The highest BCUT2D eigenvalue weighted by atomic mass is 19.1. The van der Waals surface area contributed by atoms with E-state index >= 15 is 0 Å². The Bertz CT molecular complexity index is 940. The first kappa shape index (κ1) is 15.7. The Hall–Kier alpha value is -2.80. The number of halogens is 1. The van der Waals surface area contributed by atoms with Crippen molar-refractivity contribution in [3.63, 3.8) is 0 Å². The fourth-order valence-corrected chi connectivity index (χ4v) is 3.07. The monoisotopic (exact) mass is 340 g/mol. The maximum Gasteiger partial charge on any atom is 0.270 e. The predicted molar refractivity (Wildman–Crippen MR) is 89.6 cm³/mol. The van der Waals surface area contributed by atoms with Crippen LogP contribution in [0.2, 0.25) is 0 Å². The quantitative estimate of drug-likeness (QED) is 0.778. The van der Waals surface area contributed by atoms with Crippen molar-refractivity contribution < 1.29 is 13.9 Å². The van der Waals surface area contributed by atoms with Crippen LogP contribution in [0.4, 0.5) is 4.39 Å². The molecule has 0 bridgehead atoms. The molecule has 25 heavy (non-hydrogen) atoms. The van der Waals surface area contributed by atoms with Gasteiger partial charge in [0.05, 0.1) is 24.4 Å². The number of rotatable bonds is 2. The van der Waals surface area contributed by atoms with Gasteiger partial charge in [-0.15, -0.1) is 0 Å². The van der Waals surface area contributed by atoms with E-state index < -0.39 is 0 Å². The van der Waals surface area contributed by atoms with E-state index in [0.717, 1.165) is 5.69 Å².